The van der Waals surface area contributed by atoms with E-state index in [2.05, 4.69) is 25.7 Å². The Bertz CT molecular complexity index is 508. The quantitative estimate of drug-likeness (QED) is 0.920. The zero-order valence-electron chi connectivity index (χ0n) is 12.8. The van der Waals surface area contributed by atoms with Crippen LogP contribution in [0.3, 0.4) is 0 Å². The minimum absolute atomic E-state index is 0.151. The van der Waals surface area contributed by atoms with Gasteiger partial charge in [0.2, 0.25) is 5.43 Å². The van der Waals surface area contributed by atoms with Gasteiger partial charge in [-0.1, -0.05) is 20.8 Å². The molecule has 1 aromatic rings. The van der Waals surface area contributed by atoms with Crippen molar-refractivity contribution in [2.75, 3.05) is 13.1 Å². The van der Waals surface area contributed by atoms with Crippen LogP contribution in [0.2, 0.25) is 0 Å². The van der Waals surface area contributed by atoms with E-state index >= 15 is 0 Å². The second kappa shape index (κ2) is 6.44. The van der Waals surface area contributed by atoms with Crippen LogP contribution in [0, 0.1) is 11.8 Å². The van der Waals surface area contributed by atoms with Crippen LogP contribution in [0.4, 0.5) is 0 Å². The standard InChI is InChI=1S/C16H26N2O2/c1-12(2)8-18-11-16(20)15(19)7-14(18)10-17-6-4-5-13(3)9-17/h7,11-13,20H,4-6,8-10H2,1-3H3. The minimum Gasteiger partial charge on any atom is -0.503 e. The Kier molecular flexibility index (Phi) is 4.86. The van der Waals surface area contributed by atoms with E-state index in [1.54, 1.807) is 12.3 Å². The largest absolute Gasteiger partial charge is 0.503 e. The molecule has 1 N–H and O–H groups in total. The number of likely N-dealkylation sites (tertiary alicyclic amines) is 1. The van der Waals surface area contributed by atoms with E-state index in [1.807, 2.05) is 4.57 Å². The van der Waals surface area contributed by atoms with Gasteiger partial charge < -0.3 is 9.67 Å². The molecule has 1 aliphatic rings. The van der Waals surface area contributed by atoms with Crippen molar-refractivity contribution in [3.8, 4) is 5.75 Å². The number of piperidine rings is 1. The van der Waals surface area contributed by atoms with Gasteiger partial charge in [0, 0.05) is 31.4 Å². The lowest BCUT2D eigenvalue weighted by Crippen LogP contribution is -2.35. The second-order valence-electron chi connectivity index (χ2n) is 6.54. The summed E-state index contributed by atoms with van der Waals surface area (Å²) in [5, 5.41) is 9.64. The topological polar surface area (TPSA) is 45.5 Å². The van der Waals surface area contributed by atoms with Crippen LogP contribution < -0.4 is 5.43 Å². The molecule has 0 saturated carbocycles. The van der Waals surface area contributed by atoms with E-state index in [0.29, 0.717) is 5.92 Å². The molecule has 1 aromatic heterocycles. The van der Waals surface area contributed by atoms with Gasteiger partial charge in [-0.2, -0.15) is 0 Å². The fraction of sp³-hybridized carbons (Fsp3) is 0.688. The summed E-state index contributed by atoms with van der Waals surface area (Å²) in [7, 11) is 0. The van der Waals surface area contributed by atoms with Gasteiger partial charge >= 0.3 is 0 Å². The van der Waals surface area contributed by atoms with E-state index < -0.39 is 0 Å². The lowest BCUT2D eigenvalue weighted by atomic mass is 10.0. The Hall–Kier alpha value is -1.29. The number of hydrogen-bond donors (Lipinski definition) is 1. The first-order valence-corrected chi connectivity index (χ1v) is 7.60. The molecule has 0 aliphatic carbocycles. The maximum atomic E-state index is 11.7. The predicted molar refractivity (Wildman–Crippen MR) is 80.9 cm³/mol. The summed E-state index contributed by atoms with van der Waals surface area (Å²) >= 11 is 0. The third-order valence-electron chi connectivity index (χ3n) is 3.89. The van der Waals surface area contributed by atoms with Crippen molar-refractivity contribution in [2.45, 2.75) is 46.7 Å². The number of nitrogens with zero attached hydrogens (tertiary/aromatic N) is 2. The van der Waals surface area contributed by atoms with Crippen molar-refractivity contribution in [3.63, 3.8) is 0 Å². The number of rotatable bonds is 4. The summed E-state index contributed by atoms with van der Waals surface area (Å²) in [4.78, 5) is 14.1. The van der Waals surface area contributed by atoms with Crippen LogP contribution in [0.5, 0.6) is 5.75 Å². The van der Waals surface area contributed by atoms with Crippen molar-refractivity contribution < 1.29 is 5.11 Å². The molecular weight excluding hydrogens is 252 g/mol. The van der Waals surface area contributed by atoms with Crippen LogP contribution in [0.15, 0.2) is 17.1 Å². The van der Waals surface area contributed by atoms with Crippen LogP contribution in [-0.4, -0.2) is 27.7 Å². The maximum absolute atomic E-state index is 11.7. The van der Waals surface area contributed by atoms with Crippen LogP contribution in [0.25, 0.3) is 0 Å². The van der Waals surface area contributed by atoms with Gasteiger partial charge in [-0.25, -0.2) is 0 Å². The number of aromatic hydroxyl groups is 1. The number of hydrogen-bond acceptors (Lipinski definition) is 3. The Labute approximate surface area is 121 Å². The fourth-order valence-electron chi connectivity index (χ4n) is 2.96. The Morgan fingerprint density at radius 1 is 1.45 bits per heavy atom. The summed E-state index contributed by atoms with van der Waals surface area (Å²) in [6.45, 7) is 10.4. The summed E-state index contributed by atoms with van der Waals surface area (Å²) in [5.74, 6) is 1.06. The lowest BCUT2D eigenvalue weighted by Gasteiger charge is -2.31. The molecule has 1 fully saturated rings. The molecule has 112 valence electrons. The first kappa shape index (κ1) is 15.1. The van der Waals surface area contributed by atoms with E-state index in [0.717, 1.165) is 37.8 Å². The molecule has 0 radical (unpaired) electrons. The number of pyridine rings is 1. The Balaban J connectivity index is 2.20. The van der Waals surface area contributed by atoms with E-state index in [9.17, 15) is 9.90 Å². The van der Waals surface area contributed by atoms with Gasteiger partial charge in [-0.3, -0.25) is 9.69 Å². The molecule has 0 aromatic carbocycles. The summed E-state index contributed by atoms with van der Waals surface area (Å²) in [6.07, 6.45) is 4.11. The van der Waals surface area contributed by atoms with Crippen molar-refractivity contribution in [1.82, 2.24) is 9.47 Å². The monoisotopic (exact) mass is 278 g/mol. The summed E-state index contributed by atoms with van der Waals surface area (Å²) in [5.41, 5.74) is 0.737. The van der Waals surface area contributed by atoms with Crippen LogP contribution in [0.1, 0.15) is 39.3 Å². The molecule has 2 rings (SSSR count). The van der Waals surface area contributed by atoms with Crippen LogP contribution >= 0.6 is 0 Å². The number of aromatic nitrogens is 1. The third-order valence-corrected chi connectivity index (χ3v) is 3.89. The van der Waals surface area contributed by atoms with Gasteiger partial charge in [0.25, 0.3) is 0 Å². The molecule has 1 atom stereocenters. The molecule has 4 nitrogen and oxygen atoms in total. The molecule has 2 heterocycles. The SMILES string of the molecule is CC(C)Cn1cc(O)c(=O)cc1CN1CCCC(C)C1. The first-order valence-electron chi connectivity index (χ1n) is 7.60. The first-order chi connectivity index (χ1) is 9.45. The van der Waals surface area contributed by atoms with Crippen molar-refractivity contribution in [3.05, 3.63) is 28.2 Å². The zero-order valence-corrected chi connectivity index (χ0v) is 12.8. The molecule has 0 spiro atoms. The highest BCUT2D eigenvalue weighted by atomic mass is 16.3. The molecule has 20 heavy (non-hydrogen) atoms. The van der Waals surface area contributed by atoms with Crippen molar-refractivity contribution in [1.29, 1.82) is 0 Å². The molecule has 1 saturated heterocycles. The molecule has 0 amide bonds. The van der Waals surface area contributed by atoms with E-state index in [1.165, 1.54) is 12.8 Å². The molecule has 1 unspecified atom stereocenters. The van der Waals surface area contributed by atoms with Gasteiger partial charge in [0.1, 0.15) is 0 Å². The van der Waals surface area contributed by atoms with Gasteiger partial charge in [-0.05, 0) is 31.2 Å². The summed E-state index contributed by atoms with van der Waals surface area (Å²) < 4.78 is 2.03. The predicted octanol–water partition coefficient (Wildman–Crippen LogP) is 2.44. The normalized spacial score (nSPS) is 20.5. The fourth-order valence-corrected chi connectivity index (χ4v) is 2.96. The average Bonchev–Trinajstić information content (AvgIpc) is 2.35. The van der Waals surface area contributed by atoms with E-state index in [4.69, 9.17) is 0 Å². The highest BCUT2D eigenvalue weighted by Gasteiger charge is 2.18. The molecule has 1 aliphatic heterocycles. The Morgan fingerprint density at radius 3 is 2.85 bits per heavy atom. The van der Waals surface area contributed by atoms with Gasteiger partial charge in [0.05, 0.1) is 6.20 Å². The highest BCUT2D eigenvalue weighted by molar-refractivity contribution is 5.20. The smallest absolute Gasteiger partial charge is 0.223 e. The van der Waals surface area contributed by atoms with Gasteiger partial charge in [-0.15, -0.1) is 0 Å². The summed E-state index contributed by atoms with van der Waals surface area (Å²) in [6, 6.07) is 1.59. The third kappa shape index (κ3) is 3.85. The van der Waals surface area contributed by atoms with Crippen LogP contribution in [-0.2, 0) is 13.1 Å². The molecule has 4 heteroatoms. The van der Waals surface area contributed by atoms with E-state index in [-0.39, 0.29) is 11.2 Å². The highest BCUT2D eigenvalue weighted by Crippen LogP contribution is 2.18. The van der Waals surface area contributed by atoms with Crippen molar-refractivity contribution >= 4 is 0 Å². The Morgan fingerprint density at radius 2 is 2.20 bits per heavy atom. The molecule has 0 bridgehead atoms. The minimum atomic E-state index is -0.273. The zero-order chi connectivity index (χ0) is 14.7. The molecular formula is C16H26N2O2. The average molecular weight is 278 g/mol. The maximum Gasteiger partial charge on any atom is 0.223 e. The lowest BCUT2D eigenvalue weighted by molar-refractivity contribution is 0.172. The van der Waals surface area contributed by atoms with Crippen molar-refractivity contribution in [2.24, 2.45) is 11.8 Å². The van der Waals surface area contributed by atoms with Gasteiger partial charge in [0.15, 0.2) is 5.75 Å². The second-order valence-corrected chi connectivity index (χ2v) is 6.54.